The summed E-state index contributed by atoms with van der Waals surface area (Å²) in [4.78, 5) is 12.8. The third kappa shape index (κ3) is 6.51. The lowest BCUT2D eigenvalue weighted by molar-refractivity contribution is 0.102. The van der Waals surface area contributed by atoms with Gasteiger partial charge in [-0.05, 0) is 74.4 Å². The molecule has 0 aliphatic carbocycles. The van der Waals surface area contributed by atoms with Crippen molar-refractivity contribution in [3.05, 3.63) is 82.9 Å². The maximum atomic E-state index is 13.0. The van der Waals surface area contributed by atoms with Gasteiger partial charge >= 0.3 is 0 Å². The average Bonchev–Trinajstić information content (AvgIpc) is 3.16. The second-order valence-corrected chi connectivity index (χ2v) is 12.9. The van der Waals surface area contributed by atoms with Gasteiger partial charge in [-0.15, -0.1) is 0 Å². The number of nitrogens with one attached hydrogen (secondary N) is 2. The molecule has 8 nitrogen and oxygen atoms in total. The second-order valence-electron chi connectivity index (χ2n) is 8.91. The number of anilines is 2. The highest BCUT2D eigenvalue weighted by atomic mass is 35.5. The lowest BCUT2D eigenvalue weighted by Gasteiger charge is -2.20. The predicted octanol–water partition coefficient (Wildman–Crippen LogP) is 5.27. The summed E-state index contributed by atoms with van der Waals surface area (Å²) in [7, 11) is -7.66. The highest BCUT2D eigenvalue weighted by molar-refractivity contribution is 7.92. The molecular formula is C26H28ClN3O5S2. The molecule has 0 unspecified atom stereocenters. The van der Waals surface area contributed by atoms with Crippen molar-refractivity contribution in [3.8, 4) is 0 Å². The first kappa shape index (κ1) is 27.1. The number of aryl methyl sites for hydroxylation is 1. The Morgan fingerprint density at radius 3 is 2.03 bits per heavy atom. The number of carbonyl (C=O) groups is 1. The van der Waals surface area contributed by atoms with Crippen molar-refractivity contribution in [2.24, 2.45) is 0 Å². The summed E-state index contributed by atoms with van der Waals surface area (Å²) >= 11 is 6.16. The number of halogens is 1. The summed E-state index contributed by atoms with van der Waals surface area (Å²) in [5, 5.41) is 2.65. The van der Waals surface area contributed by atoms with E-state index in [-0.39, 0.29) is 20.4 Å². The van der Waals surface area contributed by atoms with Crippen LogP contribution in [0.3, 0.4) is 0 Å². The number of carbonyl (C=O) groups excluding carboxylic acids is 1. The number of hydrogen-bond acceptors (Lipinski definition) is 5. The van der Waals surface area contributed by atoms with Crippen LogP contribution in [0.1, 0.15) is 41.6 Å². The molecule has 0 atom stereocenters. The lowest BCUT2D eigenvalue weighted by Crippen LogP contribution is -2.31. The fourth-order valence-electron chi connectivity index (χ4n) is 4.03. The van der Waals surface area contributed by atoms with Gasteiger partial charge in [0.1, 0.15) is 4.90 Å². The van der Waals surface area contributed by atoms with E-state index in [1.165, 1.54) is 46.8 Å². The van der Waals surface area contributed by atoms with Gasteiger partial charge in [0.25, 0.3) is 15.9 Å². The first-order valence-corrected chi connectivity index (χ1v) is 15.2. The molecule has 1 saturated heterocycles. The SMILES string of the molecule is Cc1ccc(NS(=O)(=O)c2cc(C(=O)Nc3ccc(S(=O)(=O)N4CCCCCC4)cc3)ccc2Cl)cc1. The highest BCUT2D eigenvalue weighted by Gasteiger charge is 2.25. The zero-order chi connectivity index (χ0) is 26.6. The smallest absolute Gasteiger partial charge is 0.263 e. The van der Waals surface area contributed by atoms with Crippen LogP contribution in [0.2, 0.25) is 5.02 Å². The van der Waals surface area contributed by atoms with Crippen molar-refractivity contribution in [2.75, 3.05) is 23.1 Å². The van der Waals surface area contributed by atoms with E-state index in [9.17, 15) is 21.6 Å². The predicted molar refractivity (Wildman–Crippen MR) is 145 cm³/mol. The van der Waals surface area contributed by atoms with E-state index in [0.717, 1.165) is 31.2 Å². The largest absolute Gasteiger partial charge is 0.322 e. The van der Waals surface area contributed by atoms with Gasteiger partial charge < -0.3 is 5.32 Å². The number of amides is 1. The molecule has 1 aliphatic heterocycles. The molecule has 0 spiro atoms. The Balaban J connectivity index is 1.49. The van der Waals surface area contributed by atoms with E-state index in [1.54, 1.807) is 24.3 Å². The van der Waals surface area contributed by atoms with Gasteiger partial charge in [0.15, 0.2) is 0 Å². The van der Waals surface area contributed by atoms with E-state index >= 15 is 0 Å². The van der Waals surface area contributed by atoms with E-state index < -0.39 is 26.0 Å². The molecule has 0 saturated carbocycles. The van der Waals surface area contributed by atoms with Crippen LogP contribution < -0.4 is 10.0 Å². The minimum Gasteiger partial charge on any atom is -0.322 e. The summed E-state index contributed by atoms with van der Waals surface area (Å²) in [6.07, 6.45) is 3.72. The van der Waals surface area contributed by atoms with E-state index in [4.69, 9.17) is 11.6 Å². The van der Waals surface area contributed by atoms with E-state index in [2.05, 4.69) is 10.0 Å². The van der Waals surface area contributed by atoms with E-state index in [0.29, 0.717) is 24.5 Å². The summed E-state index contributed by atoms with van der Waals surface area (Å²) in [5.74, 6) is -0.563. The van der Waals surface area contributed by atoms with Crippen molar-refractivity contribution < 1.29 is 21.6 Å². The lowest BCUT2D eigenvalue weighted by atomic mass is 10.2. The molecule has 0 radical (unpaired) electrons. The topological polar surface area (TPSA) is 113 Å². The van der Waals surface area contributed by atoms with Gasteiger partial charge in [-0.25, -0.2) is 16.8 Å². The summed E-state index contributed by atoms with van der Waals surface area (Å²) in [5.41, 5.74) is 1.80. The van der Waals surface area contributed by atoms with Crippen LogP contribution in [0.15, 0.2) is 76.5 Å². The van der Waals surface area contributed by atoms with Gasteiger partial charge in [-0.1, -0.05) is 42.1 Å². The highest BCUT2D eigenvalue weighted by Crippen LogP contribution is 2.26. The Morgan fingerprint density at radius 2 is 1.41 bits per heavy atom. The third-order valence-corrected chi connectivity index (χ3v) is 9.88. The number of rotatable bonds is 7. The Hall–Kier alpha value is -2.92. The molecule has 37 heavy (non-hydrogen) atoms. The molecule has 4 rings (SSSR count). The van der Waals surface area contributed by atoms with Gasteiger partial charge in [0, 0.05) is 30.0 Å². The molecule has 11 heteroatoms. The Morgan fingerprint density at radius 1 is 0.811 bits per heavy atom. The third-order valence-electron chi connectivity index (χ3n) is 6.10. The first-order chi connectivity index (χ1) is 17.6. The maximum Gasteiger partial charge on any atom is 0.263 e. The molecule has 3 aromatic carbocycles. The quantitative estimate of drug-likeness (QED) is 0.408. The van der Waals surface area contributed by atoms with Crippen LogP contribution in [0.5, 0.6) is 0 Å². The molecule has 1 amide bonds. The van der Waals surface area contributed by atoms with Crippen LogP contribution >= 0.6 is 11.6 Å². The van der Waals surface area contributed by atoms with Crippen LogP contribution in [0.25, 0.3) is 0 Å². The number of hydrogen-bond donors (Lipinski definition) is 2. The fourth-order valence-corrected chi connectivity index (χ4v) is 7.13. The number of sulfonamides is 2. The zero-order valence-corrected chi connectivity index (χ0v) is 22.7. The van der Waals surface area contributed by atoms with Crippen LogP contribution in [-0.2, 0) is 20.0 Å². The van der Waals surface area contributed by atoms with E-state index in [1.807, 2.05) is 6.92 Å². The van der Waals surface area contributed by atoms with Crippen LogP contribution in [-0.4, -0.2) is 40.1 Å². The van der Waals surface area contributed by atoms with Gasteiger partial charge in [-0.2, -0.15) is 4.31 Å². The monoisotopic (exact) mass is 561 g/mol. The maximum absolute atomic E-state index is 13.0. The minimum absolute atomic E-state index is 0.0285. The Bertz CT molecular complexity index is 1480. The van der Waals surface area contributed by atoms with Gasteiger partial charge in [0.05, 0.1) is 9.92 Å². The summed E-state index contributed by atoms with van der Waals surface area (Å²) < 4.78 is 55.8. The normalized spacial score (nSPS) is 15.1. The number of nitrogens with zero attached hydrogens (tertiary/aromatic N) is 1. The van der Waals surface area contributed by atoms with Crippen molar-refractivity contribution >= 4 is 48.9 Å². The van der Waals surface area contributed by atoms with Crippen molar-refractivity contribution in [1.82, 2.24) is 4.31 Å². The fraction of sp³-hybridized carbons (Fsp3) is 0.269. The first-order valence-electron chi connectivity index (χ1n) is 11.9. The molecule has 1 aliphatic rings. The molecule has 0 aromatic heterocycles. The Labute approximate surface area is 222 Å². The van der Waals surface area contributed by atoms with Crippen molar-refractivity contribution in [3.63, 3.8) is 0 Å². The molecular weight excluding hydrogens is 534 g/mol. The molecule has 196 valence electrons. The Kier molecular flexibility index (Phi) is 8.23. The number of benzene rings is 3. The molecule has 0 bridgehead atoms. The van der Waals surface area contributed by atoms with Crippen molar-refractivity contribution in [1.29, 1.82) is 0 Å². The van der Waals surface area contributed by atoms with Crippen LogP contribution in [0, 0.1) is 6.92 Å². The molecule has 2 N–H and O–H groups in total. The summed E-state index contributed by atoms with van der Waals surface area (Å²) in [6.45, 7) is 2.89. The second kappa shape index (κ2) is 11.2. The average molecular weight is 562 g/mol. The molecule has 3 aromatic rings. The molecule has 1 heterocycles. The summed E-state index contributed by atoms with van der Waals surface area (Å²) in [6, 6.07) is 16.7. The standard InChI is InChI=1S/C26H28ClN3O5S2/c1-19-6-9-22(10-7-19)29-36(32,33)25-18-20(8-15-24(25)27)26(31)28-21-11-13-23(14-12-21)37(34,35)30-16-4-2-3-5-17-30/h6-15,18,29H,2-5,16-17H2,1H3,(H,28,31). The zero-order valence-electron chi connectivity index (χ0n) is 20.3. The van der Waals surface area contributed by atoms with Gasteiger partial charge in [0.2, 0.25) is 10.0 Å². The van der Waals surface area contributed by atoms with Crippen LogP contribution in [0.4, 0.5) is 11.4 Å². The van der Waals surface area contributed by atoms with Crippen molar-refractivity contribution in [2.45, 2.75) is 42.4 Å². The molecule has 1 fully saturated rings. The minimum atomic E-state index is -4.05. The van der Waals surface area contributed by atoms with Gasteiger partial charge in [-0.3, -0.25) is 9.52 Å².